The summed E-state index contributed by atoms with van der Waals surface area (Å²) in [5.41, 5.74) is 3.57. The summed E-state index contributed by atoms with van der Waals surface area (Å²) in [4.78, 5) is 7.21. The Bertz CT molecular complexity index is 611. The molecule has 1 N–H and O–H groups in total. The van der Waals surface area contributed by atoms with Crippen LogP contribution in [-0.4, -0.2) is 34.2 Å². The van der Waals surface area contributed by atoms with Gasteiger partial charge >= 0.3 is 0 Å². The highest BCUT2D eigenvalue weighted by atomic mass is 16.2. The van der Waals surface area contributed by atoms with Gasteiger partial charge in [0.2, 0.25) is 0 Å². The smallest absolute Gasteiger partial charge is 0.0708 e. The van der Waals surface area contributed by atoms with Gasteiger partial charge < -0.3 is 5.11 Å². The second-order valence-corrected chi connectivity index (χ2v) is 6.07. The second kappa shape index (κ2) is 6.54. The average molecular weight is 284 g/mol. The van der Waals surface area contributed by atoms with Crippen LogP contribution in [0.1, 0.15) is 36.9 Å². The molecule has 0 saturated carbocycles. The van der Waals surface area contributed by atoms with Crippen molar-refractivity contribution in [2.75, 3.05) is 13.2 Å². The van der Waals surface area contributed by atoms with E-state index in [0.29, 0.717) is 12.6 Å². The van der Waals surface area contributed by atoms with Crippen LogP contribution in [0, 0.1) is 6.92 Å². The number of aliphatic hydroxyl groups excluding tert-OH is 1. The normalized spacial score (nSPS) is 19.4. The predicted molar refractivity (Wildman–Crippen MR) is 86.2 cm³/mol. The number of hydrogen-bond acceptors (Lipinski definition) is 3. The first-order valence-corrected chi connectivity index (χ1v) is 7.98. The van der Waals surface area contributed by atoms with Gasteiger partial charge in [-0.2, -0.15) is 0 Å². The average Bonchev–Trinajstić information content (AvgIpc) is 2.92. The van der Waals surface area contributed by atoms with E-state index >= 15 is 0 Å². The summed E-state index contributed by atoms with van der Waals surface area (Å²) in [6, 6.07) is 11.3. The van der Waals surface area contributed by atoms with Gasteiger partial charge in [0, 0.05) is 30.3 Å². The van der Waals surface area contributed by atoms with Gasteiger partial charge in [-0.25, -0.2) is 0 Å². The summed E-state index contributed by atoms with van der Waals surface area (Å²) >= 11 is 0. The van der Waals surface area contributed by atoms with E-state index < -0.39 is 0 Å². The molecule has 21 heavy (non-hydrogen) atoms. The van der Waals surface area contributed by atoms with Gasteiger partial charge in [0.05, 0.1) is 5.52 Å². The first-order chi connectivity index (χ1) is 10.3. The van der Waals surface area contributed by atoms with E-state index in [1.54, 1.807) is 0 Å². The highest BCUT2D eigenvalue weighted by molar-refractivity contribution is 5.82. The molecule has 0 aliphatic carbocycles. The number of pyridine rings is 1. The number of fused-ring (bicyclic) bond motifs is 1. The molecule has 0 bridgehead atoms. The Morgan fingerprint density at radius 3 is 3.05 bits per heavy atom. The van der Waals surface area contributed by atoms with Crippen molar-refractivity contribution < 1.29 is 5.11 Å². The number of aryl methyl sites for hydroxylation is 1. The number of hydrogen-bond donors (Lipinski definition) is 1. The summed E-state index contributed by atoms with van der Waals surface area (Å²) in [6.07, 6.45) is 4.57. The summed E-state index contributed by atoms with van der Waals surface area (Å²) < 4.78 is 0. The predicted octanol–water partition coefficient (Wildman–Crippen LogP) is 3.28. The van der Waals surface area contributed by atoms with Crippen LogP contribution in [0.25, 0.3) is 10.9 Å². The zero-order valence-electron chi connectivity index (χ0n) is 12.8. The zero-order valence-corrected chi connectivity index (χ0v) is 12.8. The maximum absolute atomic E-state index is 9.05. The van der Waals surface area contributed by atoms with Crippen molar-refractivity contribution in [1.82, 2.24) is 9.88 Å². The maximum Gasteiger partial charge on any atom is 0.0708 e. The molecular formula is C18H24N2O. The minimum Gasteiger partial charge on any atom is -0.396 e. The van der Waals surface area contributed by atoms with Crippen molar-refractivity contribution in [2.45, 2.75) is 45.2 Å². The van der Waals surface area contributed by atoms with Crippen LogP contribution in [0.5, 0.6) is 0 Å². The Labute approximate surface area is 126 Å². The van der Waals surface area contributed by atoms with E-state index in [-0.39, 0.29) is 0 Å². The van der Waals surface area contributed by atoms with Crippen LogP contribution in [0.2, 0.25) is 0 Å². The number of para-hydroxylation sites is 1. The molecule has 1 aromatic heterocycles. The Balaban J connectivity index is 1.84. The SMILES string of the molecule is Cc1cc(CN2CCC[C@H]2CCCO)c2ccccc2n1. The van der Waals surface area contributed by atoms with Crippen LogP contribution < -0.4 is 0 Å². The van der Waals surface area contributed by atoms with Crippen LogP contribution >= 0.6 is 0 Å². The highest BCUT2D eigenvalue weighted by Gasteiger charge is 2.24. The Kier molecular flexibility index (Phi) is 4.51. The molecule has 1 aromatic carbocycles. The van der Waals surface area contributed by atoms with Crippen LogP contribution in [0.3, 0.4) is 0 Å². The Morgan fingerprint density at radius 2 is 2.19 bits per heavy atom. The van der Waals surface area contributed by atoms with Crippen molar-refractivity contribution in [3.05, 3.63) is 41.6 Å². The zero-order chi connectivity index (χ0) is 14.7. The Morgan fingerprint density at radius 1 is 1.33 bits per heavy atom. The number of likely N-dealkylation sites (tertiary alicyclic amines) is 1. The van der Waals surface area contributed by atoms with E-state index in [1.165, 1.54) is 30.3 Å². The maximum atomic E-state index is 9.05. The van der Waals surface area contributed by atoms with Gasteiger partial charge in [-0.05, 0) is 56.8 Å². The van der Waals surface area contributed by atoms with Gasteiger partial charge in [-0.15, -0.1) is 0 Å². The fraction of sp³-hybridized carbons (Fsp3) is 0.500. The molecule has 1 atom stereocenters. The monoisotopic (exact) mass is 284 g/mol. The number of rotatable bonds is 5. The molecule has 2 aromatic rings. The van der Waals surface area contributed by atoms with E-state index in [1.807, 2.05) is 0 Å². The lowest BCUT2D eigenvalue weighted by molar-refractivity contribution is 0.210. The summed E-state index contributed by atoms with van der Waals surface area (Å²) in [7, 11) is 0. The summed E-state index contributed by atoms with van der Waals surface area (Å²) in [6.45, 7) is 4.55. The Hall–Kier alpha value is -1.45. The van der Waals surface area contributed by atoms with Crippen LogP contribution in [0.4, 0.5) is 0 Å². The molecule has 1 fully saturated rings. The second-order valence-electron chi connectivity index (χ2n) is 6.07. The molecule has 112 valence electrons. The van der Waals surface area contributed by atoms with Gasteiger partial charge in [-0.1, -0.05) is 18.2 Å². The molecule has 0 spiro atoms. The van der Waals surface area contributed by atoms with E-state index in [4.69, 9.17) is 5.11 Å². The number of nitrogens with zero attached hydrogens (tertiary/aromatic N) is 2. The molecule has 3 heteroatoms. The quantitative estimate of drug-likeness (QED) is 0.915. The van der Waals surface area contributed by atoms with Gasteiger partial charge in [0.15, 0.2) is 0 Å². The lowest BCUT2D eigenvalue weighted by Crippen LogP contribution is -2.29. The van der Waals surface area contributed by atoms with Crippen LogP contribution in [-0.2, 0) is 6.54 Å². The third-order valence-electron chi connectivity index (χ3n) is 4.50. The van der Waals surface area contributed by atoms with E-state index in [2.05, 4.69) is 47.1 Å². The van der Waals surface area contributed by atoms with Gasteiger partial charge in [-0.3, -0.25) is 9.88 Å². The molecule has 3 nitrogen and oxygen atoms in total. The summed E-state index contributed by atoms with van der Waals surface area (Å²) in [5, 5.41) is 10.3. The van der Waals surface area contributed by atoms with Crippen molar-refractivity contribution >= 4 is 10.9 Å². The largest absolute Gasteiger partial charge is 0.396 e. The third-order valence-corrected chi connectivity index (χ3v) is 4.50. The van der Waals surface area contributed by atoms with Crippen LogP contribution in [0.15, 0.2) is 30.3 Å². The fourth-order valence-electron chi connectivity index (χ4n) is 3.50. The molecule has 2 heterocycles. The molecule has 1 aliphatic heterocycles. The van der Waals surface area contributed by atoms with E-state index in [9.17, 15) is 0 Å². The fourth-order valence-corrected chi connectivity index (χ4v) is 3.50. The lowest BCUT2D eigenvalue weighted by atomic mass is 10.1. The standard InChI is InChI=1S/C18H24N2O/c1-14-12-15(17-8-2-3-9-18(17)19-14)13-20-10-4-6-16(20)7-5-11-21/h2-3,8-9,12,16,21H,4-7,10-11,13H2,1H3/t16-/m0/s1. The van der Waals surface area contributed by atoms with Crippen molar-refractivity contribution in [3.63, 3.8) is 0 Å². The molecule has 0 radical (unpaired) electrons. The molecule has 0 unspecified atom stereocenters. The molecular weight excluding hydrogens is 260 g/mol. The highest BCUT2D eigenvalue weighted by Crippen LogP contribution is 2.26. The molecule has 0 amide bonds. The minimum atomic E-state index is 0.307. The first-order valence-electron chi connectivity index (χ1n) is 7.98. The third kappa shape index (κ3) is 3.25. The van der Waals surface area contributed by atoms with Crippen molar-refractivity contribution in [3.8, 4) is 0 Å². The number of aliphatic hydroxyl groups is 1. The number of benzene rings is 1. The molecule has 3 rings (SSSR count). The van der Waals surface area contributed by atoms with Crippen molar-refractivity contribution in [2.24, 2.45) is 0 Å². The molecule has 1 saturated heterocycles. The van der Waals surface area contributed by atoms with Gasteiger partial charge in [0.1, 0.15) is 0 Å². The van der Waals surface area contributed by atoms with E-state index in [0.717, 1.165) is 30.6 Å². The summed E-state index contributed by atoms with van der Waals surface area (Å²) in [5.74, 6) is 0. The molecule has 1 aliphatic rings. The number of aromatic nitrogens is 1. The lowest BCUT2D eigenvalue weighted by Gasteiger charge is -2.25. The minimum absolute atomic E-state index is 0.307. The van der Waals surface area contributed by atoms with Gasteiger partial charge in [0.25, 0.3) is 0 Å². The van der Waals surface area contributed by atoms with Crippen molar-refractivity contribution in [1.29, 1.82) is 0 Å². The first kappa shape index (κ1) is 14.5. The topological polar surface area (TPSA) is 36.4 Å².